The highest BCUT2D eigenvalue weighted by Crippen LogP contribution is 2.34. The molecule has 0 aromatic heterocycles. The van der Waals surface area contributed by atoms with Crippen molar-refractivity contribution in [1.29, 1.82) is 0 Å². The normalized spacial score (nSPS) is 16.5. The maximum absolute atomic E-state index is 12.6. The number of carboxylic acids is 1. The lowest BCUT2D eigenvalue weighted by atomic mass is 10.1. The molecule has 0 saturated carbocycles. The predicted octanol–water partition coefficient (Wildman–Crippen LogP) is 1.88. The van der Waals surface area contributed by atoms with Crippen molar-refractivity contribution in [2.45, 2.75) is 6.10 Å². The van der Waals surface area contributed by atoms with Crippen LogP contribution < -0.4 is 9.64 Å². The summed E-state index contributed by atoms with van der Waals surface area (Å²) in [6.07, 6.45) is -1.11. The van der Waals surface area contributed by atoms with Crippen LogP contribution in [0.1, 0.15) is 10.4 Å². The number of nitrogens with zero attached hydrogens (tertiary/aromatic N) is 1. The van der Waals surface area contributed by atoms with E-state index in [0.717, 1.165) is 0 Å². The van der Waals surface area contributed by atoms with Crippen molar-refractivity contribution in [1.82, 2.24) is 0 Å². The number of benzene rings is 2. The summed E-state index contributed by atoms with van der Waals surface area (Å²) in [7, 11) is 0. The van der Waals surface area contributed by atoms with Gasteiger partial charge < -0.3 is 19.8 Å². The van der Waals surface area contributed by atoms with Crippen molar-refractivity contribution in [3.63, 3.8) is 0 Å². The fourth-order valence-corrected chi connectivity index (χ4v) is 2.32. The number of rotatable bonds is 2. The minimum atomic E-state index is -1.13. The molecule has 0 spiro atoms. The first-order valence-corrected chi connectivity index (χ1v) is 6.65. The quantitative estimate of drug-likeness (QED) is 0.884. The van der Waals surface area contributed by atoms with Crippen molar-refractivity contribution in [2.75, 3.05) is 11.4 Å². The second-order valence-electron chi connectivity index (χ2n) is 4.88. The highest BCUT2D eigenvalue weighted by molar-refractivity contribution is 6.07. The molecule has 0 radical (unpaired) electrons. The molecule has 2 N–H and O–H groups in total. The van der Waals surface area contributed by atoms with Gasteiger partial charge in [-0.05, 0) is 36.4 Å². The van der Waals surface area contributed by atoms with E-state index in [4.69, 9.17) is 4.74 Å². The molecule has 1 heterocycles. The number of anilines is 1. The van der Waals surface area contributed by atoms with Crippen LogP contribution >= 0.6 is 0 Å². The first-order valence-electron chi connectivity index (χ1n) is 6.65. The van der Waals surface area contributed by atoms with Crippen LogP contribution in [0.4, 0.5) is 5.69 Å². The van der Waals surface area contributed by atoms with Crippen molar-refractivity contribution >= 4 is 17.6 Å². The van der Waals surface area contributed by atoms with Gasteiger partial charge in [0.25, 0.3) is 5.91 Å². The molecule has 1 unspecified atom stereocenters. The maximum Gasteiger partial charge on any atom is 0.346 e. The van der Waals surface area contributed by atoms with Crippen LogP contribution in [0.2, 0.25) is 0 Å². The van der Waals surface area contributed by atoms with E-state index in [0.29, 0.717) is 17.0 Å². The minimum absolute atomic E-state index is 0.0577. The molecule has 2 aromatic carbocycles. The van der Waals surface area contributed by atoms with Gasteiger partial charge in [0.1, 0.15) is 11.5 Å². The number of phenols is 1. The molecule has 0 aliphatic carbocycles. The molecule has 2 aromatic rings. The molecule has 0 saturated heterocycles. The Labute approximate surface area is 126 Å². The molecular weight excluding hydrogens is 286 g/mol. The summed E-state index contributed by atoms with van der Waals surface area (Å²) >= 11 is 0. The van der Waals surface area contributed by atoms with Gasteiger partial charge in [0.2, 0.25) is 6.10 Å². The summed E-state index contributed by atoms with van der Waals surface area (Å²) in [5.41, 5.74) is 0.886. The monoisotopic (exact) mass is 299 g/mol. The van der Waals surface area contributed by atoms with Gasteiger partial charge in [0.15, 0.2) is 0 Å². The number of carboxylic acid groups (broad SMARTS) is 1. The van der Waals surface area contributed by atoms with Crippen LogP contribution in [0.15, 0.2) is 48.5 Å². The second-order valence-corrected chi connectivity index (χ2v) is 4.88. The SMILES string of the molecule is O=C(O)C1CN(C(=O)c2ccc(O)cc2)c2ccccc2O1. The number of phenolic OH excluding ortho intramolecular Hbond substituents is 1. The smallest absolute Gasteiger partial charge is 0.346 e. The molecule has 1 amide bonds. The Hall–Kier alpha value is -3.02. The van der Waals surface area contributed by atoms with Gasteiger partial charge in [-0.2, -0.15) is 0 Å². The highest BCUT2D eigenvalue weighted by Gasteiger charge is 2.33. The van der Waals surface area contributed by atoms with Gasteiger partial charge in [-0.3, -0.25) is 4.79 Å². The van der Waals surface area contributed by atoms with Crippen molar-refractivity contribution in [3.8, 4) is 11.5 Å². The van der Waals surface area contributed by atoms with Crippen LogP contribution in [0, 0.1) is 0 Å². The molecule has 1 atom stereocenters. The van der Waals surface area contributed by atoms with Crippen LogP contribution in [0.3, 0.4) is 0 Å². The Balaban J connectivity index is 1.99. The molecule has 1 aliphatic rings. The van der Waals surface area contributed by atoms with Crippen LogP contribution in [0.25, 0.3) is 0 Å². The number of aromatic hydroxyl groups is 1. The Bertz CT molecular complexity index is 726. The number of ether oxygens (including phenoxy) is 1. The third-order valence-electron chi connectivity index (χ3n) is 3.41. The number of fused-ring (bicyclic) bond motifs is 1. The number of carbonyl (C=O) groups excluding carboxylic acids is 1. The van der Waals surface area contributed by atoms with E-state index < -0.39 is 12.1 Å². The number of hydrogen-bond donors (Lipinski definition) is 2. The van der Waals surface area contributed by atoms with Crippen LogP contribution in [-0.4, -0.2) is 34.7 Å². The third kappa shape index (κ3) is 2.46. The van der Waals surface area contributed by atoms with E-state index in [9.17, 15) is 19.8 Å². The third-order valence-corrected chi connectivity index (χ3v) is 3.41. The fourth-order valence-electron chi connectivity index (χ4n) is 2.32. The van der Waals surface area contributed by atoms with Crippen LogP contribution in [-0.2, 0) is 4.79 Å². The minimum Gasteiger partial charge on any atom is -0.508 e. The maximum atomic E-state index is 12.6. The standard InChI is InChI=1S/C16H13NO5/c18-11-7-5-10(6-8-11)15(19)17-9-14(16(20)21)22-13-4-2-1-3-12(13)17/h1-8,14,18H,9H2,(H,20,21). The van der Waals surface area contributed by atoms with E-state index in [1.165, 1.54) is 29.2 Å². The number of hydrogen-bond acceptors (Lipinski definition) is 4. The summed E-state index contributed by atoms with van der Waals surface area (Å²) in [5, 5.41) is 18.5. The molecular formula is C16H13NO5. The topological polar surface area (TPSA) is 87.1 Å². The number of amides is 1. The molecule has 1 aliphatic heterocycles. The summed E-state index contributed by atoms with van der Waals surface area (Å²) in [6, 6.07) is 12.6. The summed E-state index contributed by atoms with van der Waals surface area (Å²) < 4.78 is 5.40. The van der Waals surface area contributed by atoms with E-state index in [1.54, 1.807) is 24.3 Å². The summed E-state index contributed by atoms with van der Waals surface area (Å²) in [5.74, 6) is -1.06. The molecule has 112 valence electrons. The predicted molar refractivity (Wildman–Crippen MR) is 78.3 cm³/mol. The molecule has 6 heteroatoms. The van der Waals surface area contributed by atoms with Gasteiger partial charge in [0, 0.05) is 5.56 Å². The Morgan fingerprint density at radius 3 is 2.45 bits per heavy atom. The zero-order valence-corrected chi connectivity index (χ0v) is 11.5. The van der Waals surface area contributed by atoms with E-state index in [2.05, 4.69) is 0 Å². The Kier molecular flexibility index (Phi) is 3.42. The lowest BCUT2D eigenvalue weighted by Crippen LogP contribution is -2.47. The first kappa shape index (κ1) is 13.9. The zero-order valence-electron chi connectivity index (χ0n) is 11.5. The molecule has 6 nitrogen and oxygen atoms in total. The molecule has 0 bridgehead atoms. The molecule has 22 heavy (non-hydrogen) atoms. The van der Waals surface area contributed by atoms with Gasteiger partial charge in [-0.25, -0.2) is 4.79 Å². The van der Waals surface area contributed by atoms with Gasteiger partial charge in [-0.15, -0.1) is 0 Å². The lowest BCUT2D eigenvalue weighted by Gasteiger charge is -2.33. The Morgan fingerprint density at radius 1 is 1.09 bits per heavy atom. The summed E-state index contributed by atoms with van der Waals surface area (Å²) in [4.78, 5) is 25.2. The van der Waals surface area contributed by atoms with Crippen LogP contribution in [0.5, 0.6) is 11.5 Å². The van der Waals surface area contributed by atoms with E-state index in [1.807, 2.05) is 0 Å². The highest BCUT2D eigenvalue weighted by atomic mass is 16.5. The largest absolute Gasteiger partial charge is 0.508 e. The van der Waals surface area contributed by atoms with Gasteiger partial charge in [0.05, 0.1) is 12.2 Å². The van der Waals surface area contributed by atoms with Crippen molar-refractivity contribution in [2.24, 2.45) is 0 Å². The number of carbonyl (C=O) groups is 2. The number of aliphatic carboxylic acids is 1. The van der Waals surface area contributed by atoms with E-state index >= 15 is 0 Å². The average molecular weight is 299 g/mol. The molecule has 3 rings (SSSR count). The molecule has 0 fully saturated rings. The number of para-hydroxylation sites is 2. The van der Waals surface area contributed by atoms with Gasteiger partial charge in [-0.1, -0.05) is 12.1 Å². The Morgan fingerprint density at radius 2 is 1.77 bits per heavy atom. The average Bonchev–Trinajstić information content (AvgIpc) is 2.53. The lowest BCUT2D eigenvalue weighted by molar-refractivity contribution is -0.144. The zero-order chi connectivity index (χ0) is 15.7. The second kappa shape index (κ2) is 5.40. The first-order chi connectivity index (χ1) is 10.6. The fraction of sp³-hybridized carbons (Fsp3) is 0.125. The van der Waals surface area contributed by atoms with E-state index in [-0.39, 0.29) is 18.2 Å². The summed E-state index contributed by atoms with van der Waals surface area (Å²) in [6.45, 7) is -0.0773. The van der Waals surface area contributed by atoms with Crippen molar-refractivity contribution in [3.05, 3.63) is 54.1 Å². The van der Waals surface area contributed by atoms with Crippen molar-refractivity contribution < 1.29 is 24.5 Å². The van der Waals surface area contributed by atoms with Gasteiger partial charge >= 0.3 is 5.97 Å².